The van der Waals surface area contributed by atoms with Crippen LogP contribution in [0.5, 0.6) is 0 Å². The molecule has 1 aromatic rings. The Morgan fingerprint density at radius 1 is 1.16 bits per heavy atom. The first-order chi connectivity index (χ1) is 15.3. The second-order valence-corrected chi connectivity index (χ2v) is 9.82. The van der Waals surface area contributed by atoms with Crippen LogP contribution in [0.25, 0.3) is 0 Å². The number of likely N-dealkylation sites (tertiary alicyclic amines) is 2. The van der Waals surface area contributed by atoms with Gasteiger partial charge >= 0.3 is 6.03 Å². The smallest absolute Gasteiger partial charge is 0.325 e. The van der Waals surface area contributed by atoms with Gasteiger partial charge in [-0.15, -0.1) is 0 Å². The SMILES string of the molecule is CC(C)CN1CCC2(CC1)NC(=O)N([C@H]1CCCN(C(=O)Cc3ccc(F)cc3)C1)C2=O. The average molecular weight is 445 g/mol. The first-order valence-corrected chi connectivity index (χ1v) is 11.7. The maximum atomic E-state index is 13.4. The molecule has 1 spiro atoms. The Bertz CT molecular complexity index is 865. The number of hydrogen-bond acceptors (Lipinski definition) is 4. The van der Waals surface area contributed by atoms with Crippen molar-refractivity contribution in [1.82, 2.24) is 20.0 Å². The van der Waals surface area contributed by atoms with Crippen molar-refractivity contribution in [1.29, 1.82) is 0 Å². The predicted octanol–water partition coefficient (Wildman–Crippen LogP) is 2.40. The molecule has 0 aromatic heterocycles. The fourth-order valence-electron chi connectivity index (χ4n) is 5.23. The Hall–Kier alpha value is -2.48. The van der Waals surface area contributed by atoms with Gasteiger partial charge < -0.3 is 15.1 Å². The van der Waals surface area contributed by atoms with Gasteiger partial charge in [0.15, 0.2) is 0 Å². The zero-order valence-corrected chi connectivity index (χ0v) is 19.0. The maximum Gasteiger partial charge on any atom is 0.325 e. The zero-order valence-electron chi connectivity index (χ0n) is 19.0. The van der Waals surface area contributed by atoms with E-state index in [1.54, 1.807) is 17.0 Å². The van der Waals surface area contributed by atoms with Gasteiger partial charge in [0.2, 0.25) is 5.91 Å². The molecule has 4 amide bonds. The number of amides is 4. The fraction of sp³-hybridized carbons (Fsp3) is 0.625. The van der Waals surface area contributed by atoms with Gasteiger partial charge in [-0.1, -0.05) is 26.0 Å². The summed E-state index contributed by atoms with van der Waals surface area (Å²) in [5.41, 5.74) is -0.0501. The molecular formula is C24H33FN4O3. The molecule has 3 saturated heterocycles. The number of carbonyl (C=O) groups is 3. The third-order valence-corrected chi connectivity index (χ3v) is 6.91. The Labute approximate surface area is 188 Å². The second kappa shape index (κ2) is 9.17. The largest absolute Gasteiger partial charge is 0.340 e. The molecule has 3 fully saturated rings. The van der Waals surface area contributed by atoms with Crippen LogP contribution in [0.2, 0.25) is 0 Å². The molecule has 1 N–H and O–H groups in total. The van der Waals surface area contributed by atoms with E-state index < -0.39 is 5.54 Å². The molecule has 7 nitrogen and oxygen atoms in total. The van der Waals surface area contributed by atoms with Crippen LogP contribution in [0.4, 0.5) is 9.18 Å². The third kappa shape index (κ3) is 4.65. The number of halogens is 1. The van der Waals surface area contributed by atoms with E-state index in [0.29, 0.717) is 38.3 Å². The Morgan fingerprint density at radius 2 is 1.84 bits per heavy atom. The molecule has 0 bridgehead atoms. The average Bonchev–Trinajstić information content (AvgIpc) is 3.00. The number of nitrogens with zero attached hydrogens (tertiary/aromatic N) is 3. The number of urea groups is 1. The van der Waals surface area contributed by atoms with Crippen LogP contribution in [0.3, 0.4) is 0 Å². The van der Waals surface area contributed by atoms with Crippen molar-refractivity contribution in [3.05, 3.63) is 35.6 Å². The molecule has 0 unspecified atom stereocenters. The van der Waals surface area contributed by atoms with E-state index in [0.717, 1.165) is 31.6 Å². The van der Waals surface area contributed by atoms with Gasteiger partial charge in [0, 0.05) is 32.7 Å². The molecule has 0 saturated carbocycles. The molecular weight excluding hydrogens is 411 g/mol. The summed E-state index contributed by atoms with van der Waals surface area (Å²) in [6.07, 6.45) is 2.88. The van der Waals surface area contributed by atoms with Gasteiger partial charge in [-0.05, 0) is 49.3 Å². The highest BCUT2D eigenvalue weighted by Crippen LogP contribution is 2.32. The van der Waals surface area contributed by atoms with E-state index in [1.807, 2.05) is 0 Å². The number of nitrogens with one attached hydrogen (secondary N) is 1. The van der Waals surface area contributed by atoms with Crippen molar-refractivity contribution < 1.29 is 18.8 Å². The van der Waals surface area contributed by atoms with Crippen LogP contribution in [0.1, 0.15) is 45.1 Å². The Morgan fingerprint density at radius 3 is 2.50 bits per heavy atom. The number of piperidine rings is 2. The molecule has 1 atom stereocenters. The van der Waals surface area contributed by atoms with Gasteiger partial charge in [0.05, 0.1) is 12.5 Å². The van der Waals surface area contributed by atoms with Crippen molar-refractivity contribution in [2.24, 2.45) is 5.92 Å². The van der Waals surface area contributed by atoms with Gasteiger partial charge in [-0.25, -0.2) is 9.18 Å². The normalized spacial score (nSPS) is 23.8. The second-order valence-electron chi connectivity index (χ2n) is 9.82. The van der Waals surface area contributed by atoms with E-state index in [9.17, 15) is 18.8 Å². The predicted molar refractivity (Wildman–Crippen MR) is 118 cm³/mol. The Balaban J connectivity index is 1.39. The van der Waals surface area contributed by atoms with E-state index in [2.05, 4.69) is 24.1 Å². The molecule has 0 radical (unpaired) electrons. The number of benzene rings is 1. The van der Waals surface area contributed by atoms with Gasteiger partial charge in [0.1, 0.15) is 11.4 Å². The lowest BCUT2D eigenvalue weighted by Crippen LogP contribution is -2.56. The van der Waals surface area contributed by atoms with Crippen LogP contribution in [-0.4, -0.2) is 76.8 Å². The summed E-state index contributed by atoms with van der Waals surface area (Å²) >= 11 is 0. The van der Waals surface area contributed by atoms with Crippen molar-refractivity contribution in [2.75, 3.05) is 32.7 Å². The Kier molecular flexibility index (Phi) is 6.51. The summed E-state index contributed by atoms with van der Waals surface area (Å²) in [4.78, 5) is 44.6. The summed E-state index contributed by atoms with van der Waals surface area (Å²) < 4.78 is 13.1. The van der Waals surface area contributed by atoms with Crippen molar-refractivity contribution in [3.8, 4) is 0 Å². The van der Waals surface area contributed by atoms with Crippen molar-refractivity contribution in [2.45, 2.75) is 57.5 Å². The highest BCUT2D eigenvalue weighted by molar-refractivity contribution is 6.07. The third-order valence-electron chi connectivity index (χ3n) is 6.91. The van der Waals surface area contributed by atoms with E-state index in [-0.39, 0.29) is 36.1 Å². The van der Waals surface area contributed by atoms with Crippen LogP contribution >= 0.6 is 0 Å². The quantitative estimate of drug-likeness (QED) is 0.708. The lowest BCUT2D eigenvalue weighted by Gasteiger charge is -2.39. The molecule has 174 valence electrons. The summed E-state index contributed by atoms with van der Waals surface area (Å²) in [6.45, 7) is 7.91. The van der Waals surface area contributed by atoms with Crippen LogP contribution < -0.4 is 5.32 Å². The van der Waals surface area contributed by atoms with Crippen LogP contribution in [0, 0.1) is 11.7 Å². The van der Waals surface area contributed by atoms with E-state index >= 15 is 0 Å². The summed E-state index contributed by atoms with van der Waals surface area (Å²) in [5, 5.41) is 3.00. The molecule has 3 aliphatic rings. The van der Waals surface area contributed by atoms with Crippen LogP contribution in [-0.2, 0) is 16.0 Å². The van der Waals surface area contributed by atoms with E-state index in [1.165, 1.54) is 17.0 Å². The van der Waals surface area contributed by atoms with E-state index in [4.69, 9.17) is 0 Å². The van der Waals surface area contributed by atoms with Gasteiger partial charge in [-0.2, -0.15) is 0 Å². The van der Waals surface area contributed by atoms with Crippen molar-refractivity contribution in [3.63, 3.8) is 0 Å². The number of imide groups is 1. The summed E-state index contributed by atoms with van der Waals surface area (Å²) in [6, 6.07) is 5.29. The van der Waals surface area contributed by atoms with Gasteiger partial charge in [0.25, 0.3) is 5.91 Å². The molecule has 8 heteroatoms. The molecule has 3 aliphatic heterocycles. The lowest BCUT2D eigenvalue weighted by molar-refractivity contribution is -0.139. The summed E-state index contributed by atoms with van der Waals surface area (Å²) in [5.74, 6) is 0.0337. The first kappa shape index (κ1) is 22.7. The first-order valence-electron chi connectivity index (χ1n) is 11.7. The molecule has 4 rings (SSSR count). The monoisotopic (exact) mass is 444 g/mol. The zero-order chi connectivity index (χ0) is 22.9. The van der Waals surface area contributed by atoms with Gasteiger partial charge in [-0.3, -0.25) is 14.5 Å². The molecule has 1 aromatic carbocycles. The number of hydrogen-bond donors (Lipinski definition) is 1. The number of carbonyl (C=O) groups excluding carboxylic acids is 3. The highest BCUT2D eigenvalue weighted by Gasteiger charge is 2.54. The van der Waals surface area contributed by atoms with Crippen LogP contribution in [0.15, 0.2) is 24.3 Å². The topological polar surface area (TPSA) is 73.0 Å². The fourth-order valence-corrected chi connectivity index (χ4v) is 5.23. The minimum absolute atomic E-state index is 0.0648. The molecule has 3 heterocycles. The highest BCUT2D eigenvalue weighted by atomic mass is 19.1. The molecule has 0 aliphatic carbocycles. The number of rotatable bonds is 5. The van der Waals surface area contributed by atoms with Crippen molar-refractivity contribution >= 4 is 17.8 Å². The molecule has 32 heavy (non-hydrogen) atoms. The maximum absolute atomic E-state index is 13.4. The summed E-state index contributed by atoms with van der Waals surface area (Å²) in [7, 11) is 0. The minimum Gasteiger partial charge on any atom is -0.340 e. The lowest BCUT2D eigenvalue weighted by atomic mass is 9.86. The minimum atomic E-state index is -0.801. The standard InChI is InChI=1S/C24H33FN4O3/c1-17(2)15-27-12-9-24(10-13-27)22(31)29(23(32)26-24)20-4-3-11-28(16-20)21(30)14-18-5-7-19(25)8-6-18/h5-8,17,20H,3-4,9-16H2,1-2H3,(H,26,32)/t20-/m0/s1.